The molecule has 0 rings (SSSR count). The van der Waals surface area contributed by atoms with Gasteiger partial charge in [0.2, 0.25) is 0 Å². The predicted octanol–water partition coefficient (Wildman–Crippen LogP) is -1.09. The van der Waals surface area contributed by atoms with Gasteiger partial charge in [0.05, 0.1) is 0 Å². The molecule has 0 aliphatic carbocycles. The third-order valence-electron chi connectivity index (χ3n) is 0.408. The second-order valence-electron chi connectivity index (χ2n) is 0.931. The fourth-order valence-corrected chi connectivity index (χ4v) is 0.118. The molecule has 0 aromatic rings. The molecule has 0 bridgehead atoms. The van der Waals surface area contributed by atoms with E-state index in [1.807, 2.05) is 0 Å². The summed E-state index contributed by atoms with van der Waals surface area (Å²) >= 11 is 0. The molecule has 0 unspecified atom stereocenters. The second kappa shape index (κ2) is 9.70. The molecule has 32 valence electrons. The molecular weight excluding hydrogens is 201 g/mol. The summed E-state index contributed by atoms with van der Waals surface area (Å²) < 4.78 is 0. The third-order valence-corrected chi connectivity index (χ3v) is 0.408. The van der Waals surface area contributed by atoms with Crippen molar-refractivity contribution in [1.29, 1.82) is 0 Å². The van der Waals surface area contributed by atoms with Gasteiger partial charge in [0.15, 0.2) is 0 Å². The number of nitrogens with two attached hydrogens (primary N) is 2. The minimum Gasteiger partial charge on any atom is -0.330 e. The van der Waals surface area contributed by atoms with E-state index in [-0.39, 0.29) is 48.9 Å². The maximum Gasteiger partial charge on any atom is 2.00 e. The van der Waals surface area contributed by atoms with E-state index < -0.39 is 0 Å². The van der Waals surface area contributed by atoms with Crippen LogP contribution in [0.5, 0.6) is 0 Å². The van der Waals surface area contributed by atoms with Crippen LogP contribution in [0, 0.1) is 0 Å². The summed E-state index contributed by atoms with van der Waals surface area (Å²) in [6.07, 6.45) is 0.944. The first-order valence-corrected chi connectivity index (χ1v) is 1.82. The van der Waals surface area contributed by atoms with E-state index in [9.17, 15) is 0 Å². The van der Waals surface area contributed by atoms with E-state index in [0.29, 0.717) is 0 Å². The first-order valence-electron chi connectivity index (χ1n) is 1.82. The zero-order chi connectivity index (χ0) is 4.12. The normalized spacial score (nSPS) is 7.00. The van der Waals surface area contributed by atoms with Crippen molar-refractivity contribution in [3.8, 4) is 0 Å². The van der Waals surface area contributed by atoms with Crippen molar-refractivity contribution >= 4 is 48.9 Å². The van der Waals surface area contributed by atoms with Crippen LogP contribution in [-0.4, -0.2) is 62.0 Å². The van der Waals surface area contributed by atoms with E-state index in [4.69, 9.17) is 11.5 Å². The molecule has 0 saturated heterocycles. The first kappa shape index (κ1) is 10.5. The molecule has 6 heavy (non-hydrogen) atoms. The SMILES string of the molecule is NCCCN.[Ba+2]. The Hall–Kier alpha value is 1.49. The van der Waals surface area contributed by atoms with Gasteiger partial charge in [-0.25, -0.2) is 0 Å². The molecule has 3 heteroatoms. The monoisotopic (exact) mass is 212 g/mol. The first-order chi connectivity index (χ1) is 2.41. The molecule has 0 amide bonds. The van der Waals surface area contributed by atoms with Crippen molar-refractivity contribution in [2.24, 2.45) is 11.5 Å². The Morgan fingerprint density at radius 3 is 1.33 bits per heavy atom. The van der Waals surface area contributed by atoms with Crippen LogP contribution in [0.4, 0.5) is 0 Å². The van der Waals surface area contributed by atoms with Gasteiger partial charge < -0.3 is 11.5 Å². The maximum atomic E-state index is 5.06. The van der Waals surface area contributed by atoms with Gasteiger partial charge in [0.1, 0.15) is 0 Å². The van der Waals surface area contributed by atoms with Crippen LogP contribution in [0.15, 0.2) is 0 Å². The van der Waals surface area contributed by atoms with Crippen LogP contribution in [0.1, 0.15) is 6.42 Å². The Bertz CT molecular complexity index is 16.3. The quantitative estimate of drug-likeness (QED) is 0.571. The maximum absolute atomic E-state index is 5.06. The van der Waals surface area contributed by atoms with Gasteiger partial charge in [-0.1, -0.05) is 0 Å². The Morgan fingerprint density at radius 2 is 1.33 bits per heavy atom. The van der Waals surface area contributed by atoms with Gasteiger partial charge in [-0.2, -0.15) is 0 Å². The molecule has 0 aromatic carbocycles. The zero-order valence-corrected chi connectivity index (χ0v) is 8.42. The molecule has 0 fully saturated rings. The molecule has 0 atom stereocenters. The molecule has 0 heterocycles. The third kappa shape index (κ3) is 9.09. The van der Waals surface area contributed by atoms with Crippen molar-refractivity contribution in [2.75, 3.05) is 13.1 Å². The summed E-state index contributed by atoms with van der Waals surface area (Å²) in [7, 11) is 0. The van der Waals surface area contributed by atoms with Crippen LogP contribution >= 0.6 is 0 Å². The van der Waals surface area contributed by atoms with Gasteiger partial charge in [-0.3, -0.25) is 0 Å². The number of hydrogen-bond acceptors (Lipinski definition) is 2. The van der Waals surface area contributed by atoms with Crippen molar-refractivity contribution < 1.29 is 0 Å². The number of rotatable bonds is 2. The molecule has 0 aromatic heterocycles. The Balaban J connectivity index is 0. The molecule has 4 N–H and O–H groups in total. The standard InChI is InChI=1S/C3H10N2.Ba/c4-2-1-3-5;/h1-5H2;/q;+2. The molecule has 2 nitrogen and oxygen atoms in total. The topological polar surface area (TPSA) is 52.0 Å². The average Bonchev–Trinajstić information content (AvgIpc) is 1.41. The van der Waals surface area contributed by atoms with Crippen molar-refractivity contribution in [1.82, 2.24) is 0 Å². The van der Waals surface area contributed by atoms with Crippen LogP contribution in [0.25, 0.3) is 0 Å². The molecule has 0 aliphatic rings. The van der Waals surface area contributed by atoms with Crippen LogP contribution in [0.2, 0.25) is 0 Å². The minimum absolute atomic E-state index is 0. The van der Waals surface area contributed by atoms with Gasteiger partial charge in [-0.05, 0) is 19.5 Å². The van der Waals surface area contributed by atoms with Gasteiger partial charge in [-0.15, -0.1) is 0 Å². The summed E-state index contributed by atoms with van der Waals surface area (Å²) in [6, 6.07) is 0. The summed E-state index contributed by atoms with van der Waals surface area (Å²) in [5.74, 6) is 0. The van der Waals surface area contributed by atoms with Crippen LogP contribution in [-0.2, 0) is 0 Å². The second-order valence-corrected chi connectivity index (χ2v) is 0.931. The van der Waals surface area contributed by atoms with Gasteiger partial charge in [0.25, 0.3) is 0 Å². The van der Waals surface area contributed by atoms with Gasteiger partial charge in [0, 0.05) is 0 Å². The van der Waals surface area contributed by atoms with E-state index in [1.165, 1.54) is 0 Å². The molecular formula is C3H10BaN2+2. The summed E-state index contributed by atoms with van der Waals surface area (Å²) in [6.45, 7) is 1.44. The van der Waals surface area contributed by atoms with E-state index in [1.54, 1.807) is 0 Å². The largest absolute Gasteiger partial charge is 2.00 e. The summed E-state index contributed by atoms with van der Waals surface area (Å²) in [5.41, 5.74) is 10.1. The molecule has 0 spiro atoms. The van der Waals surface area contributed by atoms with E-state index in [2.05, 4.69) is 0 Å². The Morgan fingerprint density at radius 1 is 1.00 bits per heavy atom. The Kier molecular flexibility index (Phi) is 16.9. The smallest absolute Gasteiger partial charge is 0.330 e. The number of hydrogen-bond donors (Lipinski definition) is 2. The van der Waals surface area contributed by atoms with Crippen molar-refractivity contribution in [3.05, 3.63) is 0 Å². The molecule has 0 aliphatic heterocycles. The van der Waals surface area contributed by atoms with Gasteiger partial charge >= 0.3 is 48.9 Å². The van der Waals surface area contributed by atoms with Crippen LogP contribution in [0.3, 0.4) is 0 Å². The zero-order valence-electron chi connectivity index (χ0n) is 3.98. The van der Waals surface area contributed by atoms with Crippen molar-refractivity contribution in [2.45, 2.75) is 6.42 Å². The summed E-state index contributed by atoms with van der Waals surface area (Å²) in [5, 5.41) is 0. The average molecular weight is 211 g/mol. The van der Waals surface area contributed by atoms with Crippen molar-refractivity contribution in [3.63, 3.8) is 0 Å². The predicted molar refractivity (Wildman–Crippen MR) is 28.5 cm³/mol. The van der Waals surface area contributed by atoms with Crippen LogP contribution < -0.4 is 11.5 Å². The van der Waals surface area contributed by atoms with E-state index >= 15 is 0 Å². The molecule has 0 saturated carbocycles. The fraction of sp³-hybridized carbons (Fsp3) is 1.00. The summed E-state index contributed by atoms with van der Waals surface area (Å²) in [4.78, 5) is 0. The Labute approximate surface area is 78.7 Å². The minimum atomic E-state index is 0. The fourth-order valence-electron chi connectivity index (χ4n) is 0.118. The molecule has 0 radical (unpaired) electrons. The van der Waals surface area contributed by atoms with E-state index in [0.717, 1.165) is 19.5 Å².